The molecule has 6 heteroatoms. The number of carbonyl (C=O) groups is 2. The number of amides is 1. The molecule has 0 fully saturated rings. The fourth-order valence-electron chi connectivity index (χ4n) is 6.58. The van der Waals surface area contributed by atoms with Crippen molar-refractivity contribution >= 4 is 11.9 Å². The zero-order valence-electron chi connectivity index (χ0n) is 32.2. The minimum absolute atomic E-state index is 0.0257. The van der Waals surface area contributed by atoms with Crippen LogP contribution in [0.15, 0.2) is 0 Å². The lowest BCUT2D eigenvalue weighted by Gasteiger charge is -2.22. The number of hydrogen-bond donors (Lipinski definition) is 3. The number of aliphatic hydroxyl groups excluding tert-OH is 2. The Morgan fingerprint density at radius 2 is 0.854 bits per heavy atom. The Bertz CT molecular complexity index is 672. The maximum atomic E-state index is 12.4. The van der Waals surface area contributed by atoms with Crippen LogP contribution in [0.3, 0.4) is 0 Å². The molecule has 2 atom stereocenters. The van der Waals surface area contributed by atoms with Crippen molar-refractivity contribution in [1.82, 2.24) is 5.32 Å². The molecule has 0 saturated heterocycles. The quantitative estimate of drug-likeness (QED) is 0.0443. The maximum Gasteiger partial charge on any atom is 0.305 e. The van der Waals surface area contributed by atoms with Gasteiger partial charge in [0, 0.05) is 12.8 Å². The molecule has 2 unspecified atom stereocenters. The molecule has 0 aromatic carbocycles. The van der Waals surface area contributed by atoms with Gasteiger partial charge in [-0.3, -0.25) is 9.59 Å². The van der Waals surface area contributed by atoms with Crippen molar-refractivity contribution in [3.05, 3.63) is 0 Å². The van der Waals surface area contributed by atoms with Gasteiger partial charge < -0.3 is 20.3 Å². The van der Waals surface area contributed by atoms with E-state index in [2.05, 4.69) is 19.2 Å². The van der Waals surface area contributed by atoms with Gasteiger partial charge >= 0.3 is 5.97 Å². The van der Waals surface area contributed by atoms with Crippen molar-refractivity contribution in [3.63, 3.8) is 0 Å². The molecule has 0 aliphatic carbocycles. The summed E-state index contributed by atoms with van der Waals surface area (Å²) in [6, 6.07) is -0.557. The van der Waals surface area contributed by atoms with Crippen molar-refractivity contribution in [2.75, 3.05) is 13.2 Å². The molecule has 6 nitrogen and oxygen atoms in total. The number of esters is 1. The summed E-state index contributed by atoms with van der Waals surface area (Å²) in [6.07, 6.45) is 39.0. The summed E-state index contributed by atoms with van der Waals surface area (Å²) in [6.45, 7) is 4.86. The second-order valence-electron chi connectivity index (χ2n) is 14.7. The molecule has 0 rings (SSSR count). The summed E-state index contributed by atoms with van der Waals surface area (Å²) in [5, 5.41) is 23.0. The normalized spacial score (nSPS) is 12.7. The van der Waals surface area contributed by atoms with Crippen molar-refractivity contribution in [3.8, 4) is 0 Å². The van der Waals surface area contributed by atoms with Gasteiger partial charge in [-0.15, -0.1) is 0 Å². The minimum Gasteiger partial charge on any atom is -0.466 e. The van der Waals surface area contributed by atoms with E-state index in [0.29, 0.717) is 25.9 Å². The van der Waals surface area contributed by atoms with Crippen LogP contribution in [0.4, 0.5) is 0 Å². The molecule has 0 spiro atoms. The van der Waals surface area contributed by atoms with Gasteiger partial charge in [-0.25, -0.2) is 0 Å². The fourth-order valence-corrected chi connectivity index (χ4v) is 6.58. The average molecular weight is 682 g/mol. The molecule has 0 saturated carbocycles. The molecule has 3 N–H and O–H groups in total. The zero-order chi connectivity index (χ0) is 35.2. The van der Waals surface area contributed by atoms with Gasteiger partial charge in [0.2, 0.25) is 5.91 Å². The smallest absolute Gasteiger partial charge is 0.305 e. The van der Waals surface area contributed by atoms with E-state index in [1.807, 2.05) is 0 Å². The van der Waals surface area contributed by atoms with Crippen molar-refractivity contribution in [1.29, 1.82) is 0 Å². The fraction of sp³-hybridized carbons (Fsp3) is 0.952. The molecule has 0 aliphatic heterocycles. The van der Waals surface area contributed by atoms with Crippen molar-refractivity contribution in [2.45, 2.75) is 244 Å². The third kappa shape index (κ3) is 34.7. The summed E-state index contributed by atoms with van der Waals surface area (Å²) in [5.74, 6) is -0.0891. The first-order chi connectivity index (χ1) is 23.5. The second-order valence-corrected chi connectivity index (χ2v) is 14.7. The minimum atomic E-state index is -0.677. The molecule has 0 radical (unpaired) electrons. The Kier molecular flexibility index (Phi) is 37.7. The summed E-state index contributed by atoms with van der Waals surface area (Å²) in [7, 11) is 0. The summed E-state index contributed by atoms with van der Waals surface area (Å²) in [4.78, 5) is 24.3. The van der Waals surface area contributed by atoms with Gasteiger partial charge in [-0.05, 0) is 25.7 Å². The largest absolute Gasteiger partial charge is 0.466 e. The molecular formula is C42H83NO5. The van der Waals surface area contributed by atoms with Crippen LogP contribution in [0.1, 0.15) is 232 Å². The van der Waals surface area contributed by atoms with E-state index in [0.717, 1.165) is 57.8 Å². The van der Waals surface area contributed by atoms with Crippen LogP contribution in [0, 0.1) is 0 Å². The van der Waals surface area contributed by atoms with Gasteiger partial charge in [0.25, 0.3) is 0 Å². The van der Waals surface area contributed by atoms with E-state index in [1.165, 1.54) is 141 Å². The summed E-state index contributed by atoms with van der Waals surface area (Å²) in [5.41, 5.74) is 0. The van der Waals surface area contributed by atoms with E-state index in [9.17, 15) is 19.8 Å². The Balaban J connectivity index is 3.50. The van der Waals surface area contributed by atoms with Crippen LogP contribution < -0.4 is 5.32 Å². The molecule has 48 heavy (non-hydrogen) atoms. The molecule has 0 bridgehead atoms. The number of carbonyl (C=O) groups excluding carboxylic acids is 2. The number of aliphatic hydroxyl groups is 2. The van der Waals surface area contributed by atoms with Gasteiger partial charge in [0.05, 0.1) is 25.4 Å². The first-order valence-corrected chi connectivity index (χ1v) is 21.3. The Morgan fingerprint density at radius 3 is 1.27 bits per heavy atom. The van der Waals surface area contributed by atoms with Gasteiger partial charge in [0.1, 0.15) is 0 Å². The first kappa shape index (κ1) is 46.9. The van der Waals surface area contributed by atoms with Gasteiger partial charge in [-0.2, -0.15) is 0 Å². The Hall–Kier alpha value is -1.14. The SMILES string of the molecule is CCCCCCCCCCCCCC(=O)OCCCCCCCCCCCC(=O)NC(CO)C(O)CCCCCCCCCCCCC. The van der Waals surface area contributed by atoms with E-state index in [-0.39, 0.29) is 18.5 Å². The Morgan fingerprint density at radius 1 is 0.500 bits per heavy atom. The standard InChI is InChI=1S/C42H83NO5/c1-3-5-7-9-11-13-15-18-22-26-30-34-40(45)39(38-44)43-41(46)35-31-27-23-19-17-21-25-29-33-37-48-42(47)36-32-28-24-20-16-14-12-10-8-6-4-2/h39-40,44-45H,3-38H2,1-2H3,(H,43,46). The highest BCUT2D eigenvalue weighted by Gasteiger charge is 2.20. The highest BCUT2D eigenvalue weighted by atomic mass is 16.5. The topological polar surface area (TPSA) is 95.9 Å². The maximum absolute atomic E-state index is 12.4. The number of nitrogens with one attached hydrogen (secondary N) is 1. The lowest BCUT2D eigenvalue weighted by Crippen LogP contribution is -2.45. The van der Waals surface area contributed by atoms with Crippen LogP contribution in [0.25, 0.3) is 0 Å². The lowest BCUT2D eigenvalue weighted by molar-refractivity contribution is -0.143. The molecular weight excluding hydrogens is 598 g/mol. The summed E-state index contributed by atoms with van der Waals surface area (Å²) >= 11 is 0. The highest BCUT2D eigenvalue weighted by molar-refractivity contribution is 5.76. The third-order valence-corrected chi connectivity index (χ3v) is 9.91. The number of ether oxygens (including phenoxy) is 1. The average Bonchev–Trinajstić information content (AvgIpc) is 3.08. The van der Waals surface area contributed by atoms with Crippen molar-refractivity contribution < 1.29 is 24.5 Å². The highest BCUT2D eigenvalue weighted by Crippen LogP contribution is 2.15. The van der Waals surface area contributed by atoms with Crippen LogP contribution in [0.5, 0.6) is 0 Å². The zero-order valence-corrected chi connectivity index (χ0v) is 32.2. The summed E-state index contributed by atoms with van der Waals surface area (Å²) < 4.78 is 5.42. The van der Waals surface area contributed by atoms with E-state index < -0.39 is 12.1 Å². The number of rotatable bonds is 39. The molecule has 1 amide bonds. The predicted molar refractivity (Wildman–Crippen MR) is 204 cm³/mol. The molecule has 0 heterocycles. The van der Waals surface area contributed by atoms with Gasteiger partial charge in [0.15, 0.2) is 0 Å². The molecule has 0 aromatic heterocycles. The second kappa shape index (κ2) is 38.7. The molecule has 0 aliphatic rings. The Labute approximate surface area is 298 Å². The molecule has 286 valence electrons. The van der Waals surface area contributed by atoms with Crippen molar-refractivity contribution in [2.24, 2.45) is 0 Å². The lowest BCUT2D eigenvalue weighted by atomic mass is 10.0. The van der Waals surface area contributed by atoms with E-state index in [1.54, 1.807) is 0 Å². The predicted octanol–water partition coefficient (Wildman–Crippen LogP) is 11.7. The van der Waals surface area contributed by atoms with Crippen LogP contribution in [-0.4, -0.2) is 47.4 Å². The van der Waals surface area contributed by atoms with Gasteiger partial charge in [-0.1, -0.05) is 194 Å². The first-order valence-electron chi connectivity index (χ1n) is 21.3. The number of unbranched alkanes of at least 4 members (excludes halogenated alkanes) is 28. The van der Waals surface area contributed by atoms with Crippen LogP contribution >= 0.6 is 0 Å². The molecule has 0 aromatic rings. The number of hydrogen-bond acceptors (Lipinski definition) is 5. The third-order valence-electron chi connectivity index (χ3n) is 9.91. The van der Waals surface area contributed by atoms with Crippen LogP contribution in [-0.2, 0) is 14.3 Å². The van der Waals surface area contributed by atoms with Crippen LogP contribution in [0.2, 0.25) is 0 Å². The van der Waals surface area contributed by atoms with E-state index >= 15 is 0 Å². The van der Waals surface area contributed by atoms with E-state index in [4.69, 9.17) is 4.74 Å². The monoisotopic (exact) mass is 682 g/mol.